The van der Waals surface area contributed by atoms with Crippen molar-refractivity contribution < 1.29 is 34.3 Å². The number of benzene rings is 2. The van der Waals surface area contributed by atoms with Gasteiger partial charge >= 0.3 is 22.7 Å². The Hall–Kier alpha value is -5.40. The SMILES string of the molecule is N.O=[N+]([O-])c1cc([N+](=O)[O-])c(Oc2c([N+](=O)[O-])cc([N+](=O)[O-])cc2[N+](=O)[O-])c([N+](=O)[O-])c1. The van der Waals surface area contributed by atoms with E-state index in [-0.39, 0.29) is 30.4 Å². The lowest BCUT2D eigenvalue weighted by atomic mass is 10.2. The highest BCUT2D eigenvalue weighted by atomic mass is 16.7. The van der Waals surface area contributed by atoms with Crippen LogP contribution in [0.25, 0.3) is 0 Å². The van der Waals surface area contributed by atoms with Crippen LogP contribution >= 0.6 is 0 Å². The third-order valence-corrected chi connectivity index (χ3v) is 3.48. The monoisotopic (exact) mass is 457 g/mol. The average molecular weight is 457 g/mol. The first-order valence-corrected chi connectivity index (χ1v) is 7.25. The van der Waals surface area contributed by atoms with Crippen LogP contribution in [0, 0.1) is 60.7 Å². The largest absolute Gasteiger partial charge is 0.430 e. The van der Waals surface area contributed by atoms with Gasteiger partial charge in [-0.15, -0.1) is 0 Å². The molecule has 0 atom stereocenters. The van der Waals surface area contributed by atoms with Gasteiger partial charge in [-0.3, -0.25) is 60.7 Å². The van der Waals surface area contributed by atoms with Gasteiger partial charge in [0.05, 0.1) is 53.8 Å². The minimum atomic E-state index is -1.41. The van der Waals surface area contributed by atoms with Crippen LogP contribution in [0.5, 0.6) is 11.5 Å². The Balaban J connectivity index is 0.00000512. The molecule has 0 saturated heterocycles. The number of non-ortho nitro benzene ring substituents is 2. The van der Waals surface area contributed by atoms with Crippen LogP contribution in [0.1, 0.15) is 0 Å². The van der Waals surface area contributed by atoms with Crippen LogP contribution in [0.2, 0.25) is 0 Å². The van der Waals surface area contributed by atoms with Gasteiger partial charge in [-0.25, -0.2) is 0 Å². The zero-order valence-electron chi connectivity index (χ0n) is 15.0. The van der Waals surface area contributed by atoms with Gasteiger partial charge in [0.1, 0.15) is 0 Å². The van der Waals surface area contributed by atoms with E-state index in [1.54, 1.807) is 0 Å². The zero-order valence-corrected chi connectivity index (χ0v) is 15.0. The third kappa shape index (κ3) is 4.60. The van der Waals surface area contributed by atoms with Gasteiger partial charge in [0.2, 0.25) is 0 Å². The molecule has 2 rings (SSSR count). The first-order valence-electron chi connectivity index (χ1n) is 7.25. The summed E-state index contributed by atoms with van der Waals surface area (Å²) in [7, 11) is 0. The highest BCUT2D eigenvalue weighted by molar-refractivity contribution is 5.71. The van der Waals surface area contributed by atoms with Crippen LogP contribution in [0.15, 0.2) is 24.3 Å². The van der Waals surface area contributed by atoms with Gasteiger partial charge in [0, 0.05) is 0 Å². The predicted octanol–water partition coefficient (Wildman–Crippen LogP) is 3.09. The average Bonchev–Trinajstić information content (AvgIpc) is 2.66. The number of hydrogen-bond acceptors (Lipinski definition) is 14. The van der Waals surface area contributed by atoms with Gasteiger partial charge < -0.3 is 10.9 Å². The molecule has 2 aromatic rings. The van der Waals surface area contributed by atoms with E-state index < -0.39 is 75.2 Å². The number of hydrogen-bond donors (Lipinski definition) is 1. The molecule has 0 heterocycles. The van der Waals surface area contributed by atoms with Crippen molar-refractivity contribution >= 4 is 34.1 Å². The van der Waals surface area contributed by atoms with Crippen LogP contribution in [-0.2, 0) is 0 Å². The second-order valence-electron chi connectivity index (χ2n) is 5.27. The Kier molecular flexibility index (Phi) is 6.89. The lowest BCUT2D eigenvalue weighted by Gasteiger charge is -2.08. The minimum absolute atomic E-state index is 0. The molecule has 20 nitrogen and oxygen atoms in total. The number of ether oxygens (including phenoxy) is 1. The van der Waals surface area contributed by atoms with Gasteiger partial charge in [-0.05, 0) is 0 Å². The molecule has 32 heavy (non-hydrogen) atoms. The number of nitro groups is 6. The molecular weight excluding hydrogens is 450 g/mol. The molecular formula is C12H7N7O13. The molecule has 20 heteroatoms. The molecule has 0 fully saturated rings. The fraction of sp³-hybridized carbons (Fsp3) is 0. The van der Waals surface area contributed by atoms with Gasteiger partial charge in [-0.2, -0.15) is 0 Å². The molecule has 168 valence electrons. The fourth-order valence-corrected chi connectivity index (χ4v) is 2.23. The van der Waals surface area contributed by atoms with Crippen LogP contribution in [0.4, 0.5) is 34.1 Å². The molecule has 0 saturated carbocycles. The molecule has 0 spiro atoms. The summed E-state index contributed by atoms with van der Waals surface area (Å²) in [4.78, 5) is 59.0. The van der Waals surface area contributed by atoms with Gasteiger partial charge in [0.15, 0.2) is 0 Å². The van der Waals surface area contributed by atoms with E-state index in [0.717, 1.165) is 0 Å². The van der Waals surface area contributed by atoms with Crippen molar-refractivity contribution in [2.24, 2.45) is 0 Å². The van der Waals surface area contributed by atoms with Crippen molar-refractivity contribution in [1.82, 2.24) is 6.15 Å². The highest BCUT2D eigenvalue weighted by Gasteiger charge is 2.38. The summed E-state index contributed by atoms with van der Waals surface area (Å²) in [6.45, 7) is 0. The Morgan fingerprint density at radius 1 is 0.469 bits per heavy atom. The second kappa shape index (κ2) is 8.95. The maximum Gasteiger partial charge on any atom is 0.325 e. The Labute approximate surface area is 172 Å². The maximum absolute atomic E-state index is 11.3. The van der Waals surface area contributed by atoms with E-state index in [1.165, 1.54) is 0 Å². The number of nitro benzene ring substituents is 6. The normalized spacial score (nSPS) is 9.88. The molecule has 0 unspecified atom stereocenters. The molecule has 0 radical (unpaired) electrons. The molecule has 0 aliphatic rings. The van der Waals surface area contributed by atoms with Crippen molar-refractivity contribution in [2.45, 2.75) is 0 Å². The van der Waals surface area contributed by atoms with Crippen molar-refractivity contribution in [1.29, 1.82) is 0 Å². The topological polar surface area (TPSA) is 303 Å². The van der Waals surface area contributed by atoms with Gasteiger partial charge in [0.25, 0.3) is 22.9 Å². The van der Waals surface area contributed by atoms with Crippen LogP contribution in [0.3, 0.4) is 0 Å². The van der Waals surface area contributed by atoms with Gasteiger partial charge in [-0.1, -0.05) is 0 Å². The summed E-state index contributed by atoms with van der Waals surface area (Å²) in [6, 6.07) is 0.910. The molecule has 0 aliphatic heterocycles. The zero-order chi connectivity index (χ0) is 23.6. The fourth-order valence-electron chi connectivity index (χ4n) is 2.23. The van der Waals surface area contributed by atoms with Crippen molar-refractivity contribution in [3.05, 3.63) is 85.0 Å². The predicted molar refractivity (Wildman–Crippen MR) is 97.9 cm³/mol. The molecule has 3 N–H and O–H groups in total. The van der Waals surface area contributed by atoms with E-state index in [4.69, 9.17) is 4.74 Å². The first kappa shape index (κ1) is 24.6. The van der Waals surface area contributed by atoms with E-state index in [0.29, 0.717) is 0 Å². The van der Waals surface area contributed by atoms with Crippen molar-refractivity contribution in [2.75, 3.05) is 0 Å². The van der Waals surface area contributed by atoms with Crippen LogP contribution in [-0.4, -0.2) is 29.5 Å². The Morgan fingerprint density at radius 3 is 0.844 bits per heavy atom. The second-order valence-corrected chi connectivity index (χ2v) is 5.27. The Bertz CT molecular complexity index is 1030. The maximum atomic E-state index is 11.3. The highest BCUT2D eigenvalue weighted by Crippen LogP contribution is 2.48. The number of rotatable bonds is 8. The number of nitrogens with zero attached hydrogens (tertiary/aromatic N) is 6. The minimum Gasteiger partial charge on any atom is -0.430 e. The third-order valence-electron chi connectivity index (χ3n) is 3.48. The lowest BCUT2D eigenvalue weighted by molar-refractivity contribution is -0.406. The smallest absolute Gasteiger partial charge is 0.325 e. The van der Waals surface area contributed by atoms with Crippen LogP contribution < -0.4 is 10.9 Å². The molecule has 2 aromatic carbocycles. The van der Waals surface area contributed by atoms with Crippen molar-refractivity contribution in [3.63, 3.8) is 0 Å². The Morgan fingerprint density at radius 2 is 0.688 bits per heavy atom. The first-order chi connectivity index (χ1) is 14.3. The standard InChI is InChI=1S/C12H4N6O13.H3N/c19-13(20)5-1-7(15(23)24)11(8(2-5)16(25)26)31-12-9(17(27)28)3-6(14(21)22)4-10(12)18(29)30;/h1-4H;1H3. The summed E-state index contributed by atoms with van der Waals surface area (Å²) in [5, 5.41) is 66.8. The van der Waals surface area contributed by atoms with E-state index in [2.05, 4.69) is 0 Å². The molecule has 0 bridgehead atoms. The van der Waals surface area contributed by atoms with E-state index in [9.17, 15) is 60.7 Å². The summed E-state index contributed by atoms with van der Waals surface area (Å²) in [5.41, 5.74) is -7.88. The summed E-state index contributed by atoms with van der Waals surface area (Å²) < 4.78 is 4.81. The lowest BCUT2D eigenvalue weighted by Crippen LogP contribution is -2.04. The summed E-state index contributed by atoms with van der Waals surface area (Å²) >= 11 is 0. The van der Waals surface area contributed by atoms with E-state index in [1.807, 2.05) is 0 Å². The molecule has 0 aliphatic carbocycles. The summed E-state index contributed by atoms with van der Waals surface area (Å²) in [5.74, 6) is -2.80. The van der Waals surface area contributed by atoms with Crippen molar-refractivity contribution in [3.8, 4) is 11.5 Å². The molecule has 0 amide bonds. The summed E-state index contributed by atoms with van der Waals surface area (Å²) in [6.07, 6.45) is 0. The van der Waals surface area contributed by atoms with E-state index >= 15 is 0 Å². The quantitative estimate of drug-likeness (QED) is 0.439. The molecule has 0 aromatic heterocycles.